The minimum atomic E-state index is -0.296. The number of methoxy groups -OCH3 is 2. The van der Waals surface area contributed by atoms with Crippen molar-refractivity contribution in [1.82, 2.24) is 34.8 Å². The predicted molar refractivity (Wildman–Crippen MR) is 96.8 cm³/mol. The Hall–Kier alpha value is -3.69. The monoisotopic (exact) mass is 366 g/mol. The summed E-state index contributed by atoms with van der Waals surface area (Å²) < 4.78 is 14.1. The summed E-state index contributed by atoms with van der Waals surface area (Å²) in [6.45, 7) is 0. The fourth-order valence-electron chi connectivity index (χ4n) is 2.82. The van der Waals surface area contributed by atoms with E-state index in [4.69, 9.17) is 9.47 Å². The maximum atomic E-state index is 5.41. The lowest BCUT2D eigenvalue weighted by Gasteiger charge is -2.21. The molecule has 1 unspecified atom stereocenters. The van der Waals surface area contributed by atoms with E-state index in [1.807, 2.05) is 42.1 Å². The summed E-state index contributed by atoms with van der Waals surface area (Å²) in [7, 11) is 5.18. The first-order valence-electron chi connectivity index (χ1n) is 8.20. The van der Waals surface area contributed by atoms with Crippen molar-refractivity contribution >= 4 is 11.5 Å². The standard InChI is InChI=1S/C17H18N8O2/c1-24-7-6-18-17(24)16(11-8-12(26-2)10-13(9-11)27-3)19-14-4-5-15-20-22-23-25(15)21-14/h4-10,16H,1-3H3,(H,19,21). The molecule has 0 spiro atoms. The van der Waals surface area contributed by atoms with Crippen LogP contribution in [0.5, 0.6) is 11.5 Å². The summed E-state index contributed by atoms with van der Waals surface area (Å²) in [5.41, 5.74) is 1.48. The van der Waals surface area contributed by atoms with Crippen LogP contribution in [-0.2, 0) is 7.05 Å². The molecule has 0 fully saturated rings. The third kappa shape index (κ3) is 3.24. The molecule has 0 bridgehead atoms. The Morgan fingerprint density at radius 1 is 1.07 bits per heavy atom. The molecule has 1 atom stereocenters. The second-order valence-corrected chi connectivity index (χ2v) is 5.86. The number of aromatic nitrogens is 7. The summed E-state index contributed by atoms with van der Waals surface area (Å²) in [6, 6.07) is 9.00. The average molecular weight is 366 g/mol. The number of hydrogen-bond donors (Lipinski definition) is 1. The van der Waals surface area contributed by atoms with Crippen LogP contribution in [0, 0.1) is 0 Å². The van der Waals surface area contributed by atoms with Gasteiger partial charge in [0.05, 0.1) is 14.2 Å². The Kier molecular flexibility index (Phi) is 4.29. The molecule has 1 aromatic carbocycles. The topological polar surface area (TPSA) is 104 Å². The zero-order valence-corrected chi connectivity index (χ0v) is 15.1. The molecule has 1 N–H and O–H groups in total. The lowest BCUT2D eigenvalue weighted by molar-refractivity contribution is 0.393. The van der Waals surface area contributed by atoms with E-state index in [2.05, 4.69) is 30.9 Å². The zero-order valence-electron chi connectivity index (χ0n) is 15.1. The van der Waals surface area contributed by atoms with Crippen molar-refractivity contribution in [2.45, 2.75) is 6.04 Å². The van der Waals surface area contributed by atoms with E-state index in [0.29, 0.717) is 23.0 Å². The van der Waals surface area contributed by atoms with Gasteiger partial charge in [0, 0.05) is 25.5 Å². The molecular weight excluding hydrogens is 348 g/mol. The van der Waals surface area contributed by atoms with Crippen molar-refractivity contribution in [2.75, 3.05) is 19.5 Å². The van der Waals surface area contributed by atoms with Crippen molar-refractivity contribution in [3.63, 3.8) is 0 Å². The van der Waals surface area contributed by atoms with Gasteiger partial charge >= 0.3 is 0 Å². The van der Waals surface area contributed by atoms with E-state index in [-0.39, 0.29) is 6.04 Å². The van der Waals surface area contributed by atoms with Gasteiger partial charge in [0.25, 0.3) is 0 Å². The number of nitrogens with one attached hydrogen (secondary N) is 1. The first kappa shape index (κ1) is 16.8. The van der Waals surface area contributed by atoms with Gasteiger partial charge in [-0.25, -0.2) is 4.98 Å². The second-order valence-electron chi connectivity index (χ2n) is 5.86. The van der Waals surface area contributed by atoms with E-state index in [9.17, 15) is 0 Å². The van der Waals surface area contributed by atoms with E-state index < -0.39 is 0 Å². The van der Waals surface area contributed by atoms with Crippen molar-refractivity contribution in [3.8, 4) is 11.5 Å². The van der Waals surface area contributed by atoms with Crippen LogP contribution in [0.15, 0.2) is 42.7 Å². The van der Waals surface area contributed by atoms with Crippen molar-refractivity contribution < 1.29 is 9.47 Å². The Morgan fingerprint density at radius 3 is 2.52 bits per heavy atom. The Balaban J connectivity index is 1.79. The van der Waals surface area contributed by atoms with Crippen LogP contribution in [0.25, 0.3) is 5.65 Å². The number of ether oxygens (including phenoxy) is 2. The highest BCUT2D eigenvalue weighted by Crippen LogP contribution is 2.31. The Labute approximate surface area is 154 Å². The molecule has 0 aliphatic rings. The number of imidazole rings is 1. The lowest BCUT2D eigenvalue weighted by atomic mass is 10.0. The van der Waals surface area contributed by atoms with Gasteiger partial charge < -0.3 is 19.4 Å². The number of rotatable bonds is 6. The Morgan fingerprint density at radius 2 is 1.85 bits per heavy atom. The molecule has 0 saturated carbocycles. The highest BCUT2D eigenvalue weighted by atomic mass is 16.5. The fourth-order valence-corrected chi connectivity index (χ4v) is 2.82. The number of hydrogen-bond acceptors (Lipinski definition) is 8. The molecule has 0 radical (unpaired) electrons. The van der Waals surface area contributed by atoms with Crippen molar-refractivity contribution in [1.29, 1.82) is 0 Å². The van der Waals surface area contributed by atoms with Crippen LogP contribution in [0.3, 0.4) is 0 Å². The molecule has 27 heavy (non-hydrogen) atoms. The summed E-state index contributed by atoms with van der Waals surface area (Å²) >= 11 is 0. The maximum Gasteiger partial charge on any atom is 0.200 e. The second kappa shape index (κ2) is 6.90. The molecule has 10 heteroatoms. The summed E-state index contributed by atoms with van der Waals surface area (Å²) in [4.78, 5) is 4.50. The van der Waals surface area contributed by atoms with Gasteiger partial charge in [-0.1, -0.05) is 0 Å². The molecule has 0 amide bonds. The van der Waals surface area contributed by atoms with Crippen LogP contribution >= 0.6 is 0 Å². The molecule has 0 aliphatic carbocycles. The van der Waals surface area contributed by atoms with E-state index >= 15 is 0 Å². The van der Waals surface area contributed by atoms with Gasteiger partial charge in [0.2, 0.25) is 0 Å². The molecule has 10 nitrogen and oxygen atoms in total. The van der Waals surface area contributed by atoms with E-state index in [0.717, 1.165) is 11.4 Å². The van der Waals surface area contributed by atoms with Crippen LogP contribution in [0.1, 0.15) is 17.4 Å². The zero-order chi connectivity index (χ0) is 18.8. The summed E-state index contributed by atoms with van der Waals surface area (Å²) in [6.07, 6.45) is 3.64. The van der Waals surface area contributed by atoms with Crippen molar-refractivity contribution in [2.24, 2.45) is 7.05 Å². The van der Waals surface area contributed by atoms with E-state index in [1.54, 1.807) is 26.5 Å². The molecular formula is C17H18N8O2. The van der Waals surface area contributed by atoms with Crippen LogP contribution < -0.4 is 14.8 Å². The van der Waals surface area contributed by atoms with Gasteiger partial charge in [-0.3, -0.25) is 0 Å². The summed E-state index contributed by atoms with van der Waals surface area (Å²) in [5, 5.41) is 19.1. The third-order valence-electron chi connectivity index (χ3n) is 4.19. The maximum absolute atomic E-state index is 5.41. The smallest absolute Gasteiger partial charge is 0.200 e. The minimum absolute atomic E-state index is 0.296. The first-order valence-corrected chi connectivity index (χ1v) is 8.20. The molecule has 0 aliphatic heterocycles. The molecule has 3 heterocycles. The van der Waals surface area contributed by atoms with Gasteiger partial charge in [0.15, 0.2) is 5.65 Å². The van der Waals surface area contributed by atoms with E-state index in [1.165, 1.54) is 4.63 Å². The third-order valence-corrected chi connectivity index (χ3v) is 4.19. The average Bonchev–Trinajstić information content (AvgIpc) is 3.33. The number of nitrogens with zero attached hydrogens (tertiary/aromatic N) is 7. The van der Waals surface area contributed by atoms with Crippen LogP contribution in [0.2, 0.25) is 0 Å². The highest BCUT2D eigenvalue weighted by Gasteiger charge is 2.21. The lowest BCUT2D eigenvalue weighted by Crippen LogP contribution is -2.18. The van der Waals surface area contributed by atoms with Crippen LogP contribution in [-0.4, -0.2) is 49.0 Å². The number of tetrazole rings is 1. The SMILES string of the molecule is COc1cc(OC)cc(C(Nc2ccc3nnnn3n2)c2nccn2C)c1. The van der Waals surface area contributed by atoms with Gasteiger partial charge in [0.1, 0.15) is 29.2 Å². The van der Waals surface area contributed by atoms with Gasteiger partial charge in [-0.15, -0.1) is 14.8 Å². The molecule has 3 aromatic heterocycles. The largest absolute Gasteiger partial charge is 0.497 e. The predicted octanol–water partition coefficient (Wildman–Crippen LogP) is 1.47. The number of benzene rings is 1. The first-order chi connectivity index (χ1) is 13.2. The fraction of sp³-hybridized carbons (Fsp3) is 0.235. The van der Waals surface area contributed by atoms with Crippen LogP contribution in [0.4, 0.5) is 5.82 Å². The normalized spacial score (nSPS) is 12.1. The number of anilines is 1. The van der Waals surface area contributed by atoms with Gasteiger partial charge in [-0.2, -0.15) is 0 Å². The molecule has 4 rings (SSSR count). The quantitative estimate of drug-likeness (QED) is 0.547. The van der Waals surface area contributed by atoms with Gasteiger partial charge in [-0.05, 0) is 40.3 Å². The molecule has 0 saturated heterocycles. The van der Waals surface area contributed by atoms with Crippen molar-refractivity contribution in [3.05, 3.63) is 54.1 Å². The highest BCUT2D eigenvalue weighted by molar-refractivity contribution is 5.48. The Bertz CT molecular complexity index is 1050. The minimum Gasteiger partial charge on any atom is -0.497 e. The number of fused-ring (bicyclic) bond motifs is 1. The molecule has 138 valence electrons. The number of aryl methyl sites for hydroxylation is 1. The summed E-state index contributed by atoms with van der Waals surface area (Å²) in [5.74, 6) is 2.79. The molecule has 4 aromatic rings.